The van der Waals surface area contributed by atoms with Gasteiger partial charge in [-0.1, -0.05) is 57.4 Å². The number of hydrogen-bond acceptors (Lipinski definition) is 5. The van der Waals surface area contributed by atoms with Crippen molar-refractivity contribution >= 4 is 23.4 Å². The number of carbonyl (C=O) groups excluding carboxylic acids is 3. The molecule has 3 heterocycles. The first-order chi connectivity index (χ1) is 18.2. The summed E-state index contributed by atoms with van der Waals surface area (Å²) in [6.45, 7) is 5.50. The first-order valence-corrected chi connectivity index (χ1v) is 14.2. The molecule has 2 bridgehead atoms. The third-order valence-corrected chi connectivity index (χ3v) is 8.73. The van der Waals surface area contributed by atoms with E-state index in [2.05, 4.69) is 29.4 Å². The molecule has 8 heteroatoms. The number of carbonyl (C=O) groups is 3. The van der Waals surface area contributed by atoms with Crippen LogP contribution in [0.5, 0.6) is 0 Å². The first kappa shape index (κ1) is 26.9. The molecule has 1 saturated carbocycles. The maximum Gasteiger partial charge on any atom is 0.246 e. The van der Waals surface area contributed by atoms with Crippen LogP contribution in [-0.4, -0.2) is 78.5 Å². The minimum atomic E-state index is -1.11. The second-order valence-electron chi connectivity index (χ2n) is 12.0. The molecule has 38 heavy (non-hydrogen) atoms. The van der Waals surface area contributed by atoms with Crippen LogP contribution < -0.4 is 10.6 Å². The van der Waals surface area contributed by atoms with Crippen molar-refractivity contribution in [2.75, 3.05) is 32.5 Å². The average molecular weight is 523 g/mol. The zero-order valence-electron chi connectivity index (χ0n) is 23.1. The number of ether oxygens (including phenoxy) is 1. The van der Waals surface area contributed by atoms with Crippen molar-refractivity contribution in [2.24, 2.45) is 11.8 Å². The molecule has 2 saturated heterocycles. The molecule has 1 aliphatic carbocycles. The number of likely N-dealkylation sites (tertiary alicyclic amines) is 1. The second-order valence-corrected chi connectivity index (χ2v) is 12.0. The lowest BCUT2D eigenvalue weighted by atomic mass is 9.74. The largest absolute Gasteiger partial charge is 0.359 e. The summed E-state index contributed by atoms with van der Waals surface area (Å²) in [6, 6.07) is 7.18. The maximum absolute atomic E-state index is 14.0. The summed E-state index contributed by atoms with van der Waals surface area (Å²) in [4.78, 5) is 45.2. The Kier molecular flexibility index (Phi) is 7.65. The van der Waals surface area contributed by atoms with Crippen molar-refractivity contribution < 1.29 is 19.1 Å². The molecule has 5 unspecified atom stereocenters. The number of hydrogen-bond donors (Lipinski definition) is 2. The minimum absolute atomic E-state index is 0.126. The van der Waals surface area contributed by atoms with Crippen LogP contribution in [0.25, 0.3) is 0 Å². The second kappa shape index (κ2) is 10.8. The van der Waals surface area contributed by atoms with Crippen LogP contribution in [0.15, 0.2) is 36.4 Å². The van der Waals surface area contributed by atoms with Gasteiger partial charge in [-0.05, 0) is 63.5 Å². The highest BCUT2D eigenvalue weighted by atomic mass is 16.5. The molecule has 3 aliphatic heterocycles. The zero-order chi connectivity index (χ0) is 27.0. The molecule has 0 aromatic heterocycles. The van der Waals surface area contributed by atoms with Crippen LogP contribution in [0, 0.1) is 11.8 Å². The predicted molar refractivity (Wildman–Crippen MR) is 147 cm³/mol. The summed E-state index contributed by atoms with van der Waals surface area (Å²) in [6.07, 6.45) is 9.31. The topological polar surface area (TPSA) is 91.0 Å². The molecular weight excluding hydrogens is 480 g/mol. The molecule has 3 amide bonds. The van der Waals surface area contributed by atoms with Crippen molar-refractivity contribution in [1.29, 1.82) is 0 Å². The van der Waals surface area contributed by atoms with E-state index in [0.29, 0.717) is 18.2 Å². The SMILES string of the molecule is CC(C)c1ccc(NC(=O)C2C3C=CC4(O3)C2C(=O)N(CCCN(C)C)C4C(=O)NC2CCCCC2)cc1. The molecule has 1 aromatic rings. The fraction of sp³-hybridized carbons (Fsp3) is 0.633. The van der Waals surface area contributed by atoms with Crippen LogP contribution in [0.4, 0.5) is 5.69 Å². The van der Waals surface area contributed by atoms with E-state index in [0.717, 1.165) is 38.6 Å². The summed E-state index contributed by atoms with van der Waals surface area (Å²) in [5, 5.41) is 6.26. The van der Waals surface area contributed by atoms with Crippen molar-refractivity contribution in [3.8, 4) is 0 Å². The molecule has 5 atom stereocenters. The van der Waals surface area contributed by atoms with Crippen LogP contribution in [0.3, 0.4) is 0 Å². The Morgan fingerprint density at radius 1 is 1.11 bits per heavy atom. The van der Waals surface area contributed by atoms with Gasteiger partial charge in [-0.25, -0.2) is 0 Å². The Morgan fingerprint density at radius 3 is 2.47 bits per heavy atom. The number of amides is 3. The van der Waals surface area contributed by atoms with Crippen LogP contribution >= 0.6 is 0 Å². The predicted octanol–water partition coefficient (Wildman–Crippen LogP) is 3.30. The third kappa shape index (κ3) is 4.89. The first-order valence-electron chi connectivity index (χ1n) is 14.2. The van der Waals surface area contributed by atoms with E-state index in [9.17, 15) is 14.4 Å². The molecule has 0 radical (unpaired) electrons. The van der Waals surface area contributed by atoms with Crippen LogP contribution in [-0.2, 0) is 19.1 Å². The Morgan fingerprint density at radius 2 is 1.82 bits per heavy atom. The van der Waals surface area contributed by atoms with Gasteiger partial charge < -0.3 is 25.2 Å². The zero-order valence-corrected chi connectivity index (χ0v) is 23.1. The normalized spacial score (nSPS) is 30.4. The number of nitrogens with one attached hydrogen (secondary N) is 2. The van der Waals surface area contributed by atoms with Crippen LogP contribution in [0.1, 0.15) is 63.9 Å². The number of rotatable bonds is 9. The highest BCUT2D eigenvalue weighted by Gasteiger charge is 2.72. The van der Waals surface area contributed by atoms with Gasteiger partial charge >= 0.3 is 0 Å². The highest BCUT2D eigenvalue weighted by Crippen LogP contribution is 2.55. The summed E-state index contributed by atoms with van der Waals surface area (Å²) in [7, 11) is 3.99. The van der Waals surface area contributed by atoms with Gasteiger partial charge in [-0.2, -0.15) is 0 Å². The van der Waals surface area contributed by atoms with Crippen molar-refractivity contribution in [2.45, 2.75) is 82.1 Å². The number of fused-ring (bicyclic) bond motifs is 1. The summed E-state index contributed by atoms with van der Waals surface area (Å²) >= 11 is 0. The Labute approximate surface area is 226 Å². The molecular formula is C30H42N4O4. The molecule has 3 fully saturated rings. The Balaban J connectivity index is 1.39. The van der Waals surface area contributed by atoms with Gasteiger partial charge in [0.1, 0.15) is 11.6 Å². The molecule has 1 aromatic carbocycles. The minimum Gasteiger partial charge on any atom is -0.359 e. The summed E-state index contributed by atoms with van der Waals surface area (Å²) in [5.74, 6) is -1.55. The lowest BCUT2D eigenvalue weighted by Crippen LogP contribution is -2.56. The van der Waals surface area contributed by atoms with Crippen molar-refractivity contribution in [3.05, 3.63) is 42.0 Å². The quantitative estimate of drug-likeness (QED) is 0.486. The molecule has 206 valence electrons. The van der Waals surface area contributed by atoms with Gasteiger partial charge in [0, 0.05) is 18.3 Å². The molecule has 8 nitrogen and oxygen atoms in total. The molecule has 1 spiro atoms. The molecule has 5 rings (SSSR count). The van der Waals surface area contributed by atoms with Crippen molar-refractivity contribution in [1.82, 2.24) is 15.1 Å². The fourth-order valence-electron chi connectivity index (χ4n) is 6.77. The van der Waals surface area contributed by atoms with E-state index >= 15 is 0 Å². The van der Waals surface area contributed by atoms with E-state index in [-0.39, 0.29) is 23.8 Å². The van der Waals surface area contributed by atoms with E-state index in [1.54, 1.807) is 4.90 Å². The average Bonchev–Trinajstić information content (AvgIpc) is 3.52. The summed E-state index contributed by atoms with van der Waals surface area (Å²) < 4.78 is 6.45. The Bertz CT molecular complexity index is 1080. The number of anilines is 1. The van der Waals surface area contributed by atoms with Gasteiger partial charge in [0.15, 0.2) is 0 Å². The smallest absolute Gasteiger partial charge is 0.246 e. The van der Waals surface area contributed by atoms with E-state index in [1.165, 1.54) is 12.0 Å². The molecule has 4 aliphatic rings. The standard InChI is InChI=1S/C30H42N4O4/c1-19(2)20-11-13-22(14-12-20)31-27(35)24-23-15-16-30(38-23)25(24)29(37)34(18-8-17-33(3)4)26(30)28(36)32-21-9-6-5-7-10-21/h11-16,19,21,23-26H,5-10,17-18H2,1-4H3,(H,31,35)(H,32,36). The van der Waals surface area contributed by atoms with Gasteiger partial charge in [0.05, 0.1) is 17.9 Å². The lowest BCUT2D eigenvalue weighted by molar-refractivity contribution is -0.141. The number of nitrogens with zero attached hydrogens (tertiary/aromatic N) is 2. The van der Waals surface area contributed by atoms with Crippen molar-refractivity contribution in [3.63, 3.8) is 0 Å². The monoisotopic (exact) mass is 522 g/mol. The summed E-state index contributed by atoms with van der Waals surface area (Å²) in [5.41, 5.74) is 0.779. The lowest BCUT2D eigenvalue weighted by Gasteiger charge is -2.34. The third-order valence-electron chi connectivity index (χ3n) is 8.73. The maximum atomic E-state index is 14.0. The van der Waals surface area contributed by atoms with Gasteiger partial charge in [-0.15, -0.1) is 0 Å². The Hall–Kier alpha value is -2.71. The fourth-order valence-corrected chi connectivity index (χ4v) is 6.77. The van der Waals surface area contributed by atoms with Gasteiger partial charge in [0.2, 0.25) is 17.7 Å². The van der Waals surface area contributed by atoms with Gasteiger partial charge in [0.25, 0.3) is 0 Å². The van der Waals surface area contributed by atoms with Gasteiger partial charge in [-0.3, -0.25) is 14.4 Å². The molecule has 2 N–H and O–H groups in total. The van der Waals surface area contributed by atoms with E-state index in [1.807, 2.05) is 50.5 Å². The number of benzene rings is 1. The highest BCUT2D eigenvalue weighted by molar-refractivity contribution is 6.02. The van der Waals surface area contributed by atoms with E-state index < -0.39 is 29.6 Å². The van der Waals surface area contributed by atoms with E-state index in [4.69, 9.17) is 4.74 Å². The van der Waals surface area contributed by atoms with Crippen LogP contribution in [0.2, 0.25) is 0 Å².